The summed E-state index contributed by atoms with van der Waals surface area (Å²) in [4.78, 5) is 0. The molecular formula is C26H28BrN3O3. The van der Waals surface area contributed by atoms with Gasteiger partial charge in [-0.25, -0.2) is 5.06 Å². The zero-order valence-corrected chi connectivity index (χ0v) is 19.9. The van der Waals surface area contributed by atoms with Gasteiger partial charge in [-0.15, -0.1) is 0 Å². The topological polar surface area (TPSA) is 91.8 Å². The predicted molar refractivity (Wildman–Crippen MR) is 132 cm³/mol. The molecule has 33 heavy (non-hydrogen) atoms. The van der Waals surface area contributed by atoms with Crippen LogP contribution in [0.5, 0.6) is 17.2 Å². The number of nitrogens with zero attached hydrogens (tertiary/aromatic N) is 1. The van der Waals surface area contributed by atoms with E-state index in [0.717, 1.165) is 46.5 Å². The van der Waals surface area contributed by atoms with Crippen LogP contribution in [0.1, 0.15) is 36.8 Å². The number of hydrogen-bond donors (Lipinski definition) is 3. The molecular weight excluding hydrogens is 482 g/mol. The second-order valence-corrected chi connectivity index (χ2v) is 9.19. The smallest absolute Gasteiger partial charge is 0.152 e. The lowest BCUT2D eigenvalue weighted by Crippen LogP contribution is -2.42. The van der Waals surface area contributed by atoms with Crippen molar-refractivity contribution >= 4 is 21.8 Å². The Hall–Kier alpha value is -2.87. The first-order valence-electron chi connectivity index (χ1n) is 11.1. The molecule has 1 aliphatic carbocycles. The van der Waals surface area contributed by atoms with Crippen molar-refractivity contribution < 1.29 is 14.7 Å². The molecule has 0 saturated heterocycles. The minimum Gasteiger partial charge on any atom is -0.489 e. The van der Waals surface area contributed by atoms with Crippen molar-refractivity contribution in [2.24, 2.45) is 5.73 Å². The third-order valence-corrected chi connectivity index (χ3v) is 6.33. The summed E-state index contributed by atoms with van der Waals surface area (Å²) in [6.45, 7) is 0.470. The predicted octanol–water partition coefficient (Wildman–Crippen LogP) is 6.11. The summed E-state index contributed by atoms with van der Waals surface area (Å²) in [6.07, 6.45) is 3.32. The Labute approximate surface area is 202 Å². The van der Waals surface area contributed by atoms with Gasteiger partial charge >= 0.3 is 0 Å². The van der Waals surface area contributed by atoms with Gasteiger partial charge < -0.3 is 15.2 Å². The van der Waals surface area contributed by atoms with Crippen LogP contribution in [0.3, 0.4) is 0 Å². The van der Waals surface area contributed by atoms with Crippen LogP contribution in [0.15, 0.2) is 77.3 Å². The molecule has 3 aromatic rings. The summed E-state index contributed by atoms with van der Waals surface area (Å²) in [7, 11) is 0. The number of rotatable bonds is 7. The van der Waals surface area contributed by atoms with Crippen LogP contribution in [0.4, 0.5) is 0 Å². The molecule has 0 bridgehead atoms. The SMILES string of the molecule is N=C(c1ccc(Oc2cccc(OCc3ccc(Br)cc3)c2)cc1)N(O)C1CCC(N)CC1. The zero-order valence-electron chi connectivity index (χ0n) is 18.3. The quantitative estimate of drug-likeness (QED) is 0.203. The number of halogens is 1. The minimum atomic E-state index is -0.0617. The molecule has 0 aromatic heterocycles. The third-order valence-electron chi connectivity index (χ3n) is 5.80. The van der Waals surface area contributed by atoms with Crippen molar-refractivity contribution in [2.75, 3.05) is 0 Å². The van der Waals surface area contributed by atoms with Crippen LogP contribution in [0, 0.1) is 5.41 Å². The highest BCUT2D eigenvalue weighted by atomic mass is 79.9. The lowest BCUT2D eigenvalue weighted by Gasteiger charge is -2.33. The average Bonchev–Trinajstić information content (AvgIpc) is 2.84. The Balaban J connectivity index is 1.34. The number of ether oxygens (including phenoxy) is 2. The molecule has 3 aromatic carbocycles. The molecule has 0 radical (unpaired) electrons. The molecule has 4 N–H and O–H groups in total. The van der Waals surface area contributed by atoms with E-state index in [-0.39, 0.29) is 17.9 Å². The van der Waals surface area contributed by atoms with Gasteiger partial charge in [0.15, 0.2) is 5.84 Å². The summed E-state index contributed by atoms with van der Waals surface area (Å²) in [5.74, 6) is 2.11. The number of nitrogens with two attached hydrogens (primary N) is 1. The summed E-state index contributed by atoms with van der Waals surface area (Å²) in [5, 5.41) is 19.9. The van der Waals surface area contributed by atoms with Crippen molar-refractivity contribution in [3.63, 3.8) is 0 Å². The van der Waals surface area contributed by atoms with E-state index < -0.39 is 0 Å². The van der Waals surface area contributed by atoms with E-state index in [1.54, 1.807) is 24.3 Å². The third kappa shape index (κ3) is 6.35. The fraction of sp³-hybridized carbons (Fsp3) is 0.269. The number of hydroxylamine groups is 2. The molecule has 6 nitrogen and oxygen atoms in total. The molecule has 4 rings (SSSR count). The first kappa shape index (κ1) is 23.3. The van der Waals surface area contributed by atoms with Gasteiger partial charge in [-0.3, -0.25) is 10.6 Å². The highest BCUT2D eigenvalue weighted by molar-refractivity contribution is 9.10. The van der Waals surface area contributed by atoms with Gasteiger partial charge in [0, 0.05) is 22.1 Å². The van der Waals surface area contributed by atoms with Crippen LogP contribution >= 0.6 is 15.9 Å². The van der Waals surface area contributed by atoms with Gasteiger partial charge in [-0.05, 0) is 79.8 Å². The first-order chi connectivity index (χ1) is 16.0. The Kier molecular flexibility index (Phi) is 7.65. The number of benzene rings is 3. The van der Waals surface area contributed by atoms with Crippen LogP contribution in [0.2, 0.25) is 0 Å². The lowest BCUT2D eigenvalue weighted by molar-refractivity contribution is -0.0653. The van der Waals surface area contributed by atoms with Gasteiger partial charge in [0.25, 0.3) is 0 Å². The standard InChI is InChI=1S/C26H28BrN3O3/c27-20-8-4-18(5-9-20)17-32-24-2-1-3-25(16-24)33-23-14-6-19(7-15-23)26(29)30(31)22-12-10-21(28)11-13-22/h1-9,14-16,21-22,29,31H,10-13,17,28H2. The maximum absolute atomic E-state index is 10.5. The molecule has 172 valence electrons. The number of nitrogens with one attached hydrogen (secondary N) is 1. The van der Waals surface area contributed by atoms with Crippen LogP contribution in [-0.4, -0.2) is 28.2 Å². The van der Waals surface area contributed by atoms with E-state index >= 15 is 0 Å². The fourth-order valence-corrected chi connectivity index (χ4v) is 4.12. The van der Waals surface area contributed by atoms with E-state index in [1.165, 1.54) is 0 Å². The van der Waals surface area contributed by atoms with Gasteiger partial charge in [0.2, 0.25) is 0 Å². The normalized spacial score (nSPS) is 17.9. The number of amidine groups is 1. The van der Waals surface area contributed by atoms with Gasteiger partial charge in [0.05, 0.1) is 6.04 Å². The average molecular weight is 510 g/mol. The molecule has 0 heterocycles. The summed E-state index contributed by atoms with van der Waals surface area (Å²) >= 11 is 3.43. The Bertz CT molecular complexity index is 1060. The van der Waals surface area contributed by atoms with Gasteiger partial charge in [0.1, 0.15) is 23.9 Å². The van der Waals surface area contributed by atoms with E-state index in [9.17, 15) is 5.21 Å². The second-order valence-electron chi connectivity index (χ2n) is 8.28. The molecule has 0 spiro atoms. The van der Waals surface area contributed by atoms with Gasteiger partial charge in [-0.1, -0.05) is 34.1 Å². The minimum absolute atomic E-state index is 0.0617. The van der Waals surface area contributed by atoms with Crippen LogP contribution in [-0.2, 0) is 6.61 Å². The summed E-state index contributed by atoms with van der Waals surface area (Å²) in [6, 6.07) is 22.8. The Morgan fingerprint density at radius 1 is 0.939 bits per heavy atom. The van der Waals surface area contributed by atoms with Crippen molar-refractivity contribution in [3.05, 3.63) is 88.4 Å². The van der Waals surface area contributed by atoms with Crippen LogP contribution in [0.25, 0.3) is 0 Å². The molecule has 1 aliphatic rings. The van der Waals surface area contributed by atoms with Crippen molar-refractivity contribution in [3.8, 4) is 17.2 Å². The molecule has 0 amide bonds. The molecule has 1 saturated carbocycles. The van der Waals surface area contributed by atoms with E-state index in [2.05, 4.69) is 15.9 Å². The Morgan fingerprint density at radius 2 is 1.61 bits per heavy atom. The van der Waals surface area contributed by atoms with Gasteiger partial charge in [-0.2, -0.15) is 0 Å². The highest BCUT2D eigenvalue weighted by Crippen LogP contribution is 2.27. The highest BCUT2D eigenvalue weighted by Gasteiger charge is 2.25. The van der Waals surface area contributed by atoms with E-state index in [0.29, 0.717) is 23.7 Å². The fourth-order valence-electron chi connectivity index (χ4n) is 3.85. The van der Waals surface area contributed by atoms with E-state index in [1.807, 2.05) is 48.5 Å². The van der Waals surface area contributed by atoms with Crippen molar-refractivity contribution in [2.45, 2.75) is 44.4 Å². The molecule has 0 aliphatic heterocycles. The largest absolute Gasteiger partial charge is 0.489 e. The molecule has 7 heteroatoms. The second kappa shape index (κ2) is 10.8. The molecule has 0 atom stereocenters. The summed E-state index contributed by atoms with van der Waals surface area (Å²) < 4.78 is 12.9. The Morgan fingerprint density at radius 3 is 2.30 bits per heavy atom. The van der Waals surface area contributed by atoms with Crippen LogP contribution < -0.4 is 15.2 Å². The first-order valence-corrected chi connectivity index (χ1v) is 11.8. The maximum Gasteiger partial charge on any atom is 0.152 e. The van der Waals surface area contributed by atoms with Crippen molar-refractivity contribution in [1.29, 1.82) is 5.41 Å². The monoisotopic (exact) mass is 509 g/mol. The maximum atomic E-state index is 10.5. The molecule has 0 unspecified atom stereocenters. The van der Waals surface area contributed by atoms with E-state index in [4.69, 9.17) is 20.6 Å². The summed E-state index contributed by atoms with van der Waals surface area (Å²) in [5.41, 5.74) is 7.66. The number of hydrogen-bond acceptors (Lipinski definition) is 5. The lowest BCUT2D eigenvalue weighted by atomic mass is 9.91. The zero-order chi connectivity index (χ0) is 23.2. The molecule has 1 fully saturated rings. The van der Waals surface area contributed by atoms with Crippen molar-refractivity contribution in [1.82, 2.24) is 5.06 Å².